The Morgan fingerprint density at radius 3 is 1.91 bits per heavy atom. The van der Waals surface area contributed by atoms with Gasteiger partial charge in [0.05, 0.1) is 8.07 Å². The number of rotatable bonds is 3. The highest BCUT2D eigenvalue weighted by molar-refractivity contribution is 6.84. The number of benzene rings is 2. The highest BCUT2D eigenvalue weighted by Gasteiger charge is 2.26. The first-order chi connectivity index (χ1) is 10.5. The molecule has 1 aliphatic carbocycles. The van der Waals surface area contributed by atoms with Crippen molar-refractivity contribution >= 4 is 19.7 Å². The summed E-state index contributed by atoms with van der Waals surface area (Å²) in [6.45, 7) is 7.25. The predicted octanol–water partition coefficient (Wildman–Crippen LogP) is 5.97. The van der Waals surface area contributed by atoms with E-state index >= 15 is 0 Å². The molecule has 0 atom stereocenters. The van der Waals surface area contributed by atoms with Crippen LogP contribution >= 0.6 is 0 Å². The van der Waals surface area contributed by atoms with Gasteiger partial charge < -0.3 is 0 Å². The third-order valence-electron chi connectivity index (χ3n) is 3.96. The fourth-order valence-electron chi connectivity index (χ4n) is 2.82. The van der Waals surface area contributed by atoms with Crippen molar-refractivity contribution in [2.75, 3.05) is 0 Å². The quantitative estimate of drug-likeness (QED) is 0.613. The molecule has 0 nitrogen and oxygen atoms in total. The van der Waals surface area contributed by atoms with Crippen molar-refractivity contribution in [3.63, 3.8) is 0 Å². The number of hydrogen-bond acceptors (Lipinski definition) is 0. The number of allylic oxidation sites excluding steroid dienone is 5. The Bertz CT molecular complexity index is 741. The molecule has 0 saturated heterocycles. The van der Waals surface area contributed by atoms with Crippen LogP contribution in [0.2, 0.25) is 19.6 Å². The molecule has 2 aromatic rings. The van der Waals surface area contributed by atoms with Gasteiger partial charge in [0.2, 0.25) is 0 Å². The minimum absolute atomic E-state index is 1.27. The molecular formula is C21H22Si. The summed E-state index contributed by atoms with van der Waals surface area (Å²) in [5.74, 6) is 0. The van der Waals surface area contributed by atoms with Gasteiger partial charge in [-0.2, -0.15) is 0 Å². The van der Waals surface area contributed by atoms with Gasteiger partial charge in [0.1, 0.15) is 0 Å². The lowest BCUT2D eigenvalue weighted by molar-refractivity contribution is 1.59. The molecule has 3 rings (SSSR count). The predicted molar refractivity (Wildman–Crippen MR) is 100 cm³/mol. The van der Waals surface area contributed by atoms with E-state index in [-0.39, 0.29) is 0 Å². The zero-order valence-electron chi connectivity index (χ0n) is 13.5. The summed E-state index contributed by atoms with van der Waals surface area (Å²) in [5.41, 5.74) is 5.28. The Morgan fingerprint density at radius 1 is 0.727 bits per heavy atom. The van der Waals surface area contributed by atoms with Crippen molar-refractivity contribution in [3.05, 3.63) is 94.7 Å². The molecule has 0 spiro atoms. The minimum atomic E-state index is -1.38. The molecule has 1 aliphatic rings. The lowest BCUT2D eigenvalue weighted by Crippen LogP contribution is -2.23. The van der Waals surface area contributed by atoms with Crippen LogP contribution in [0.3, 0.4) is 0 Å². The Labute approximate surface area is 134 Å². The van der Waals surface area contributed by atoms with Crippen LogP contribution in [0.25, 0.3) is 11.6 Å². The van der Waals surface area contributed by atoms with Crippen molar-refractivity contribution in [2.24, 2.45) is 0 Å². The zero-order chi connectivity index (χ0) is 15.6. The SMILES string of the molecule is C[Si](C)(C)C1=CC(c2ccccc2)=C/C1=C\c1ccccc1. The van der Waals surface area contributed by atoms with Gasteiger partial charge >= 0.3 is 0 Å². The molecule has 0 N–H and O–H groups in total. The second-order valence-electron chi connectivity index (χ2n) is 6.78. The molecule has 1 heteroatoms. The van der Waals surface area contributed by atoms with E-state index < -0.39 is 8.07 Å². The monoisotopic (exact) mass is 302 g/mol. The van der Waals surface area contributed by atoms with Crippen LogP contribution in [-0.2, 0) is 0 Å². The molecule has 0 saturated carbocycles. The van der Waals surface area contributed by atoms with Gasteiger partial charge in [0.15, 0.2) is 0 Å². The van der Waals surface area contributed by atoms with Gasteiger partial charge in [-0.25, -0.2) is 0 Å². The summed E-state index contributed by atoms with van der Waals surface area (Å²) in [5, 5.41) is 1.54. The maximum absolute atomic E-state index is 2.42. The molecular weight excluding hydrogens is 280 g/mol. The Balaban J connectivity index is 2.06. The third kappa shape index (κ3) is 3.20. The first-order valence-electron chi connectivity index (χ1n) is 7.80. The van der Waals surface area contributed by atoms with Crippen LogP contribution < -0.4 is 0 Å². The molecule has 0 aliphatic heterocycles. The van der Waals surface area contributed by atoms with Crippen LogP contribution in [0.4, 0.5) is 0 Å². The molecule has 2 aromatic carbocycles. The first-order valence-corrected chi connectivity index (χ1v) is 11.3. The maximum atomic E-state index is 2.42. The van der Waals surface area contributed by atoms with E-state index in [1.807, 2.05) is 0 Å². The summed E-state index contributed by atoms with van der Waals surface area (Å²) < 4.78 is 0. The second kappa shape index (κ2) is 5.94. The fraction of sp³-hybridized carbons (Fsp3) is 0.143. The highest BCUT2D eigenvalue weighted by Crippen LogP contribution is 2.36. The largest absolute Gasteiger partial charge is 0.0784 e. The van der Waals surface area contributed by atoms with Gasteiger partial charge in [-0.1, -0.05) is 91.6 Å². The average Bonchev–Trinajstić information content (AvgIpc) is 2.93. The fourth-order valence-corrected chi connectivity index (χ4v) is 4.42. The van der Waals surface area contributed by atoms with Crippen molar-refractivity contribution in [3.8, 4) is 0 Å². The van der Waals surface area contributed by atoms with Crippen molar-refractivity contribution in [1.82, 2.24) is 0 Å². The van der Waals surface area contributed by atoms with Gasteiger partial charge in [-0.15, -0.1) is 0 Å². The molecule has 0 unspecified atom stereocenters. The lowest BCUT2D eigenvalue weighted by Gasteiger charge is -2.19. The maximum Gasteiger partial charge on any atom is 0.0784 e. The standard InChI is InChI=1S/C21H22Si/c1-22(2,3)21-16-19(18-12-8-5-9-13-18)15-20(21)14-17-10-6-4-7-11-17/h4-16H,1-3H3/b20-14+. The van der Waals surface area contributed by atoms with Crippen molar-refractivity contribution < 1.29 is 0 Å². The molecule has 0 heterocycles. The van der Waals surface area contributed by atoms with E-state index in [4.69, 9.17) is 0 Å². The van der Waals surface area contributed by atoms with Crippen LogP contribution in [0, 0.1) is 0 Å². The van der Waals surface area contributed by atoms with Gasteiger partial charge in [-0.05, 0) is 34.4 Å². The first kappa shape index (κ1) is 14.8. The molecule has 0 radical (unpaired) electrons. The normalized spacial score (nSPS) is 16.6. The molecule has 0 amide bonds. The minimum Gasteiger partial charge on any atom is -0.0656 e. The van der Waals surface area contributed by atoms with Crippen LogP contribution in [0.1, 0.15) is 11.1 Å². The summed E-state index contributed by atoms with van der Waals surface area (Å²) in [6.07, 6.45) is 7.06. The third-order valence-corrected chi connectivity index (χ3v) is 6.01. The summed E-state index contributed by atoms with van der Waals surface area (Å²) in [4.78, 5) is 0. The van der Waals surface area contributed by atoms with Crippen molar-refractivity contribution in [1.29, 1.82) is 0 Å². The molecule has 0 aromatic heterocycles. The van der Waals surface area contributed by atoms with Gasteiger partial charge in [0, 0.05) is 0 Å². The van der Waals surface area contributed by atoms with Crippen LogP contribution in [-0.4, -0.2) is 8.07 Å². The zero-order valence-corrected chi connectivity index (χ0v) is 14.5. The van der Waals surface area contributed by atoms with Crippen molar-refractivity contribution in [2.45, 2.75) is 19.6 Å². The molecule has 0 fully saturated rings. The smallest absolute Gasteiger partial charge is 0.0656 e. The van der Waals surface area contributed by atoms with Gasteiger partial charge in [0.25, 0.3) is 0 Å². The molecule has 110 valence electrons. The summed E-state index contributed by atoms with van der Waals surface area (Å²) in [6, 6.07) is 21.3. The van der Waals surface area contributed by atoms with E-state index in [1.165, 1.54) is 27.5 Å². The topological polar surface area (TPSA) is 0 Å². The van der Waals surface area contributed by atoms with E-state index in [9.17, 15) is 0 Å². The molecule has 22 heavy (non-hydrogen) atoms. The van der Waals surface area contributed by atoms with E-state index in [2.05, 4.69) is 98.5 Å². The Hall–Kier alpha value is -2.12. The summed E-state index contributed by atoms with van der Waals surface area (Å²) in [7, 11) is -1.38. The van der Waals surface area contributed by atoms with E-state index in [1.54, 1.807) is 0 Å². The van der Waals surface area contributed by atoms with Gasteiger partial charge in [-0.3, -0.25) is 0 Å². The highest BCUT2D eigenvalue weighted by atomic mass is 28.3. The number of hydrogen-bond donors (Lipinski definition) is 0. The average molecular weight is 302 g/mol. The Morgan fingerprint density at radius 2 is 1.32 bits per heavy atom. The summed E-state index contributed by atoms with van der Waals surface area (Å²) >= 11 is 0. The lowest BCUT2D eigenvalue weighted by atomic mass is 10.1. The van der Waals surface area contributed by atoms with Crippen LogP contribution in [0.15, 0.2) is 83.6 Å². The molecule has 0 bridgehead atoms. The second-order valence-corrected chi connectivity index (χ2v) is 11.8. The van der Waals surface area contributed by atoms with E-state index in [0.29, 0.717) is 0 Å². The van der Waals surface area contributed by atoms with Crippen LogP contribution in [0.5, 0.6) is 0 Å². The van der Waals surface area contributed by atoms with E-state index in [0.717, 1.165) is 0 Å². The Kier molecular flexibility index (Phi) is 3.99.